The van der Waals surface area contributed by atoms with Crippen molar-refractivity contribution in [3.63, 3.8) is 0 Å². The third kappa shape index (κ3) is 5.68. The van der Waals surface area contributed by atoms with Crippen LogP contribution in [-0.4, -0.2) is 28.9 Å². The molecule has 0 bridgehead atoms. The van der Waals surface area contributed by atoms with E-state index < -0.39 is 0 Å². The van der Waals surface area contributed by atoms with Gasteiger partial charge in [-0.1, -0.05) is 26.0 Å². The first kappa shape index (κ1) is 14.5. The fraction of sp³-hybridized carbons (Fsp3) is 0.500. The van der Waals surface area contributed by atoms with Crippen molar-refractivity contribution in [3.05, 3.63) is 29.8 Å². The maximum absolute atomic E-state index is 9.45. The average Bonchev–Trinajstić information content (AvgIpc) is 2.25. The minimum atomic E-state index is 0.222. The van der Waals surface area contributed by atoms with E-state index in [0.717, 1.165) is 25.2 Å². The first-order chi connectivity index (χ1) is 8.47. The van der Waals surface area contributed by atoms with Crippen LogP contribution in [0.2, 0.25) is 0 Å². The standard InChI is InChI=1S/C14H23N3O/c1-11(2)9-17(7-6-14(15)16)10-12-4-3-5-13(18)8-12/h3-5,8,11,18H,6-7,9-10H2,1-2H3,(H3,15,16). The zero-order valence-corrected chi connectivity index (χ0v) is 11.2. The summed E-state index contributed by atoms with van der Waals surface area (Å²) in [5.74, 6) is 1.08. The molecule has 0 saturated carbocycles. The first-order valence-corrected chi connectivity index (χ1v) is 6.30. The smallest absolute Gasteiger partial charge is 0.115 e. The lowest BCUT2D eigenvalue weighted by atomic mass is 10.1. The summed E-state index contributed by atoms with van der Waals surface area (Å²) in [7, 11) is 0. The van der Waals surface area contributed by atoms with Crippen LogP contribution >= 0.6 is 0 Å². The Bertz CT molecular complexity index is 390. The second-order valence-electron chi connectivity index (χ2n) is 5.07. The van der Waals surface area contributed by atoms with Crippen molar-refractivity contribution in [1.29, 1.82) is 5.41 Å². The van der Waals surface area contributed by atoms with E-state index in [1.54, 1.807) is 12.1 Å². The van der Waals surface area contributed by atoms with Crippen LogP contribution in [-0.2, 0) is 6.54 Å². The van der Waals surface area contributed by atoms with Crippen LogP contribution in [0, 0.1) is 11.3 Å². The van der Waals surface area contributed by atoms with Crippen molar-refractivity contribution in [3.8, 4) is 5.75 Å². The van der Waals surface area contributed by atoms with Crippen molar-refractivity contribution in [2.45, 2.75) is 26.8 Å². The van der Waals surface area contributed by atoms with Gasteiger partial charge in [0.15, 0.2) is 0 Å². The lowest BCUT2D eigenvalue weighted by Crippen LogP contribution is -2.30. The van der Waals surface area contributed by atoms with Gasteiger partial charge in [0, 0.05) is 26.1 Å². The number of phenols is 1. The van der Waals surface area contributed by atoms with Crippen molar-refractivity contribution < 1.29 is 5.11 Å². The SMILES string of the molecule is CC(C)CN(CCC(=N)N)Cc1cccc(O)c1. The van der Waals surface area contributed by atoms with E-state index in [1.807, 2.05) is 12.1 Å². The molecule has 0 saturated heterocycles. The van der Waals surface area contributed by atoms with E-state index >= 15 is 0 Å². The Morgan fingerprint density at radius 1 is 1.44 bits per heavy atom. The van der Waals surface area contributed by atoms with Gasteiger partial charge in [-0.2, -0.15) is 0 Å². The van der Waals surface area contributed by atoms with Gasteiger partial charge in [0.1, 0.15) is 5.75 Å². The molecule has 0 atom stereocenters. The van der Waals surface area contributed by atoms with Gasteiger partial charge in [-0.05, 0) is 23.6 Å². The molecule has 1 rings (SSSR count). The lowest BCUT2D eigenvalue weighted by Gasteiger charge is -2.24. The monoisotopic (exact) mass is 249 g/mol. The highest BCUT2D eigenvalue weighted by atomic mass is 16.3. The summed E-state index contributed by atoms with van der Waals surface area (Å²) in [4.78, 5) is 2.26. The molecule has 18 heavy (non-hydrogen) atoms. The first-order valence-electron chi connectivity index (χ1n) is 6.30. The summed E-state index contributed by atoms with van der Waals surface area (Å²) in [6.07, 6.45) is 0.589. The number of nitrogens with one attached hydrogen (secondary N) is 1. The van der Waals surface area contributed by atoms with Crippen LogP contribution in [0.3, 0.4) is 0 Å². The summed E-state index contributed by atoms with van der Waals surface area (Å²) in [6.45, 7) is 6.86. The van der Waals surface area contributed by atoms with E-state index in [-0.39, 0.29) is 5.84 Å². The quantitative estimate of drug-likeness (QED) is 0.512. The molecule has 0 radical (unpaired) electrons. The van der Waals surface area contributed by atoms with Crippen LogP contribution in [0.1, 0.15) is 25.8 Å². The molecular formula is C14H23N3O. The van der Waals surface area contributed by atoms with Crippen LogP contribution < -0.4 is 5.73 Å². The number of phenolic OH excluding ortho intramolecular Hbond substituents is 1. The van der Waals surface area contributed by atoms with Crippen LogP contribution in [0.4, 0.5) is 0 Å². The van der Waals surface area contributed by atoms with Gasteiger partial charge >= 0.3 is 0 Å². The molecule has 0 unspecified atom stereocenters. The van der Waals surface area contributed by atoms with E-state index in [4.69, 9.17) is 11.1 Å². The van der Waals surface area contributed by atoms with Gasteiger partial charge in [-0.3, -0.25) is 10.3 Å². The summed E-state index contributed by atoms with van der Waals surface area (Å²) in [6, 6.07) is 7.30. The molecule has 4 N–H and O–H groups in total. The van der Waals surface area contributed by atoms with E-state index in [0.29, 0.717) is 18.1 Å². The third-order valence-corrected chi connectivity index (χ3v) is 2.64. The predicted octanol–water partition coefficient (Wildman–Crippen LogP) is 2.18. The molecule has 0 aliphatic heterocycles. The van der Waals surface area contributed by atoms with Crippen molar-refractivity contribution in [2.24, 2.45) is 11.7 Å². The molecule has 4 heteroatoms. The average molecular weight is 249 g/mol. The zero-order valence-electron chi connectivity index (χ0n) is 11.2. The van der Waals surface area contributed by atoms with Crippen LogP contribution in [0.5, 0.6) is 5.75 Å². The van der Waals surface area contributed by atoms with Crippen molar-refractivity contribution >= 4 is 5.84 Å². The molecule has 1 aromatic carbocycles. The van der Waals surface area contributed by atoms with E-state index in [2.05, 4.69) is 18.7 Å². The molecule has 0 aromatic heterocycles. The third-order valence-electron chi connectivity index (χ3n) is 2.64. The number of rotatable bonds is 7. The molecular weight excluding hydrogens is 226 g/mol. The summed E-state index contributed by atoms with van der Waals surface area (Å²) >= 11 is 0. The summed E-state index contributed by atoms with van der Waals surface area (Å²) in [5, 5.41) is 16.7. The van der Waals surface area contributed by atoms with Gasteiger partial charge in [0.25, 0.3) is 0 Å². The second-order valence-corrected chi connectivity index (χ2v) is 5.07. The Balaban J connectivity index is 2.62. The molecule has 4 nitrogen and oxygen atoms in total. The largest absolute Gasteiger partial charge is 0.508 e. The number of benzene rings is 1. The minimum absolute atomic E-state index is 0.222. The second kappa shape index (κ2) is 7.01. The molecule has 1 aromatic rings. The van der Waals surface area contributed by atoms with Gasteiger partial charge < -0.3 is 10.8 Å². The highest BCUT2D eigenvalue weighted by molar-refractivity contribution is 5.76. The highest BCUT2D eigenvalue weighted by Gasteiger charge is 2.09. The zero-order chi connectivity index (χ0) is 13.5. The normalized spacial score (nSPS) is 11.1. The molecule has 0 fully saturated rings. The molecule has 0 amide bonds. The van der Waals surface area contributed by atoms with Gasteiger partial charge in [0.05, 0.1) is 5.84 Å². The maximum atomic E-state index is 9.45. The number of hydrogen-bond donors (Lipinski definition) is 3. The van der Waals surface area contributed by atoms with Gasteiger partial charge in [-0.25, -0.2) is 0 Å². The van der Waals surface area contributed by atoms with Gasteiger partial charge in [-0.15, -0.1) is 0 Å². The minimum Gasteiger partial charge on any atom is -0.508 e. The Labute approximate surface area is 109 Å². The summed E-state index contributed by atoms with van der Waals surface area (Å²) in [5.41, 5.74) is 6.49. The molecule has 0 heterocycles. The number of aromatic hydroxyl groups is 1. The fourth-order valence-electron chi connectivity index (χ4n) is 1.94. The van der Waals surface area contributed by atoms with Gasteiger partial charge in [0.2, 0.25) is 0 Å². The van der Waals surface area contributed by atoms with Crippen LogP contribution in [0.25, 0.3) is 0 Å². The number of amidine groups is 1. The Kier molecular flexibility index (Phi) is 5.65. The van der Waals surface area contributed by atoms with Crippen LogP contribution in [0.15, 0.2) is 24.3 Å². The summed E-state index contributed by atoms with van der Waals surface area (Å²) < 4.78 is 0. The number of nitrogens with zero attached hydrogens (tertiary/aromatic N) is 1. The van der Waals surface area contributed by atoms with E-state index in [1.165, 1.54) is 0 Å². The Morgan fingerprint density at radius 2 is 2.17 bits per heavy atom. The molecule has 0 aliphatic carbocycles. The lowest BCUT2D eigenvalue weighted by molar-refractivity contribution is 0.242. The van der Waals surface area contributed by atoms with Crippen molar-refractivity contribution in [2.75, 3.05) is 13.1 Å². The Hall–Kier alpha value is -1.55. The highest BCUT2D eigenvalue weighted by Crippen LogP contribution is 2.14. The van der Waals surface area contributed by atoms with Crippen molar-refractivity contribution in [1.82, 2.24) is 4.90 Å². The fourth-order valence-corrected chi connectivity index (χ4v) is 1.94. The van der Waals surface area contributed by atoms with E-state index in [9.17, 15) is 5.11 Å². The number of nitrogens with two attached hydrogens (primary N) is 1. The molecule has 0 aliphatic rings. The predicted molar refractivity (Wildman–Crippen MR) is 74.8 cm³/mol. The number of hydrogen-bond acceptors (Lipinski definition) is 3. The maximum Gasteiger partial charge on any atom is 0.115 e. The molecule has 100 valence electrons. The topological polar surface area (TPSA) is 73.3 Å². The molecule has 0 spiro atoms. The Morgan fingerprint density at radius 3 is 2.72 bits per heavy atom.